The van der Waals surface area contributed by atoms with E-state index in [4.69, 9.17) is 9.84 Å². The van der Waals surface area contributed by atoms with Crippen LogP contribution in [0.3, 0.4) is 0 Å². The van der Waals surface area contributed by atoms with E-state index in [1.54, 1.807) is 0 Å². The predicted molar refractivity (Wildman–Crippen MR) is 144 cm³/mol. The Balaban J connectivity index is 1.51. The molecule has 5 aliphatic carbocycles. The van der Waals surface area contributed by atoms with Crippen LogP contribution in [-0.2, 0) is 14.3 Å². The molecule has 0 aromatic carbocycles. The molecule has 0 amide bonds. The van der Waals surface area contributed by atoms with Gasteiger partial charge in [0, 0.05) is 5.41 Å². The van der Waals surface area contributed by atoms with Crippen LogP contribution >= 0.6 is 0 Å². The maximum absolute atomic E-state index is 12.0. The van der Waals surface area contributed by atoms with Crippen molar-refractivity contribution in [1.82, 2.24) is 0 Å². The maximum Gasteiger partial charge on any atom is 0.417 e. The van der Waals surface area contributed by atoms with Crippen LogP contribution in [0.15, 0.2) is 12.2 Å². The molecule has 5 aliphatic rings. The molecular formula is C32H50O5. The highest BCUT2D eigenvalue weighted by Gasteiger charge is 2.71. The van der Waals surface area contributed by atoms with E-state index in [1.807, 2.05) is 0 Å². The van der Waals surface area contributed by atoms with E-state index in [0.717, 1.165) is 38.5 Å². The minimum Gasteiger partial charge on any atom is -0.473 e. The van der Waals surface area contributed by atoms with E-state index in [2.05, 4.69) is 48.1 Å². The van der Waals surface area contributed by atoms with Gasteiger partial charge in [-0.25, -0.2) is 9.59 Å². The Bertz CT molecular complexity index is 986. The summed E-state index contributed by atoms with van der Waals surface area (Å²) >= 11 is 0. The number of hydrogen-bond donors (Lipinski definition) is 2. The predicted octanol–water partition coefficient (Wildman–Crippen LogP) is 6.63. The first kappa shape index (κ1) is 27.2. The number of ether oxygens (including phenoxy) is 1. The number of carboxylic acids is 1. The minimum absolute atomic E-state index is 0.0433. The van der Waals surface area contributed by atoms with Gasteiger partial charge < -0.3 is 14.9 Å². The van der Waals surface area contributed by atoms with Crippen LogP contribution < -0.4 is 0 Å². The summed E-state index contributed by atoms with van der Waals surface area (Å²) in [4.78, 5) is 23.2. The molecule has 0 saturated heterocycles. The summed E-state index contributed by atoms with van der Waals surface area (Å²) in [6, 6.07) is 0. The van der Waals surface area contributed by atoms with Crippen molar-refractivity contribution in [1.29, 1.82) is 0 Å². The Kier molecular flexibility index (Phi) is 6.30. The minimum atomic E-state index is -1.50. The van der Waals surface area contributed by atoms with Crippen molar-refractivity contribution in [2.75, 3.05) is 6.61 Å². The molecular weight excluding hydrogens is 464 g/mol. The number of aliphatic hydroxyl groups is 1. The third-order valence-corrected chi connectivity index (χ3v) is 13.9. The summed E-state index contributed by atoms with van der Waals surface area (Å²) in [6.45, 7) is 19.1. The molecule has 5 rings (SSSR count). The summed E-state index contributed by atoms with van der Waals surface area (Å²) in [5, 5.41) is 20.1. The first-order chi connectivity index (χ1) is 17.1. The molecule has 0 aromatic rings. The zero-order chi connectivity index (χ0) is 27.2. The van der Waals surface area contributed by atoms with Gasteiger partial charge >= 0.3 is 11.9 Å². The van der Waals surface area contributed by atoms with Crippen molar-refractivity contribution < 1.29 is 24.5 Å². The second kappa shape index (κ2) is 8.57. The van der Waals surface area contributed by atoms with Crippen LogP contribution in [-0.4, -0.2) is 34.9 Å². The average Bonchev–Trinajstić information content (AvgIpc) is 3.21. The van der Waals surface area contributed by atoms with Gasteiger partial charge in [-0.1, -0.05) is 46.8 Å². The van der Waals surface area contributed by atoms with Gasteiger partial charge in [0.1, 0.15) is 0 Å². The smallest absolute Gasteiger partial charge is 0.417 e. The highest BCUT2D eigenvalue weighted by atomic mass is 16.6. The topological polar surface area (TPSA) is 83.8 Å². The van der Waals surface area contributed by atoms with Gasteiger partial charge in [-0.2, -0.15) is 0 Å². The number of aliphatic carboxylic acids is 1. The Morgan fingerprint density at radius 2 is 1.57 bits per heavy atom. The van der Waals surface area contributed by atoms with Crippen LogP contribution in [0.2, 0.25) is 0 Å². The fourth-order valence-electron chi connectivity index (χ4n) is 11.8. The number of fused-ring (bicyclic) bond motifs is 7. The molecule has 5 fully saturated rings. The molecule has 0 aromatic heterocycles. The third kappa shape index (κ3) is 3.57. The summed E-state index contributed by atoms with van der Waals surface area (Å²) in [7, 11) is 0. The molecule has 0 unspecified atom stereocenters. The van der Waals surface area contributed by atoms with Crippen molar-refractivity contribution in [2.45, 2.75) is 112 Å². The standard InChI is InChI=1S/C32H50O5/c1-19(2)20-10-15-32(18-37-27(36)26(34)35)17-16-30(6)21(25(20)32)8-9-23-29(5)13-12-24(33)28(3,4)22(29)11-14-31(23,30)7/h20-25,33H,1,8-18H2,2-7H3,(H,34,35)/t20-,21+,22-,23+,24-,25+,29-,30+,31+,32+/m0/s1. The van der Waals surface area contributed by atoms with Gasteiger partial charge in [-0.3, -0.25) is 0 Å². The molecule has 0 bridgehead atoms. The number of rotatable bonds is 3. The zero-order valence-corrected chi connectivity index (χ0v) is 24.1. The van der Waals surface area contributed by atoms with E-state index >= 15 is 0 Å². The molecule has 0 aliphatic heterocycles. The lowest BCUT2D eigenvalue weighted by molar-refractivity contribution is -0.250. The van der Waals surface area contributed by atoms with Crippen LogP contribution in [0.25, 0.3) is 0 Å². The van der Waals surface area contributed by atoms with Crippen LogP contribution in [0, 0.1) is 56.7 Å². The highest BCUT2D eigenvalue weighted by molar-refractivity contribution is 6.28. The number of carbonyl (C=O) groups is 2. The summed E-state index contributed by atoms with van der Waals surface area (Å²) < 4.78 is 5.45. The van der Waals surface area contributed by atoms with E-state index < -0.39 is 11.9 Å². The molecule has 5 nitrogen and oxygen atoms in total. The summed E-state index contributed by atoms with van der Waals surface area (Å²) in [5.74, 6) is -0.103. The van der Waals surface area contributed by atoms with Crippen LogP contribution in [0.5, 0.6) is 0 Å². The number of allylic oxidation sites excluding steroid dienone is 1. The maximum atomic E-state index is 12.0. The van der Waals surface area contributed by atoms with Crippen molar-refractivity contribution in [2.24, 2.45) is 56.7 Å². The molecule has 5 heteroatoms. The molecule has 2 N–H and O–H groups in total. The first-order valence-corrected chi connectivity index (χ1v) is 14.9. The first-order valence-electron chi connectivity index (χ1n) is 14.9. The molecule has 5 saturated carbocycles. The van der Waals surface area contributed by atoms with E-state index in [-0.39, 0.29) is 39.8 Å². The Morgan fingerprint density at radius 3 is 2.22 bits per heavy atom. The molecule has 0 radical (unpaired) electrons. The van der Waals surface area contributed by atoms with Crippen LogP contribution in [0.4, 0.5) is 0 Å². The van der Waals surface area contributed by atoms with E-state index in [1.165, 1.54) is 31.3 Å². The van der Waals surface area contributed by atoms with Crippen molar-refractivity contribution >= 4 is 11.9 Å². The number of hydrogen-bond acceptors (Lipinski definition) is 4. The number of aliphatic hydroxyl groups excluding tert-OH is 1. The molecule has 37 heavy (non-hydrogen) atoms. The lowest BCUT2D eigenvalue weighted by Gasteiger charge is -2.73. The number of esters is 1. The SMILES string of the molecule is C=C(C)[C@@H]1CC[C@]2(COC(=O)C(=O)O)CC[C@]3(C)[C@H](CC[C@@H]4[C@@]5(C)CC[C@H](O)C(C)(C)[C@@H]5CC[C@]43C)[C@@H]12. The normalized spacial score (nSPS) is 50.1. The lowest BCUT2D eigenvalue weighted by atomic mass is 9.32. The van der Waals surface area contributed by atoms with Gasteiger partial charge in [-0.05, 0) is 122 Å². The fraction of sp³-hybridized carbons (Fsp3) is 0.875. The number of carboxylic acid groups (broad SMARTS) is 1. The molecule has 10 atom stereocenters. The van der Waals surface area contributed by atoms with Gasteiger partial charge in [0.05, 0.1) is 12.7 Å². The quantitative estimate of drug-likeness (QED) is 0.251. The van der Waals surface area contributed by atoms with Gasteiger partial charge in [0.2, 0.25) is 0 Å². The van der Waals surface area contributed by atoms with Gasteiger partial charge in [0.25, 0.3) is 0 Å². The van der Waals surface area contributed by atoms with Gasteiger partial charge in [-0.15, -0.1) is 0 Å². The largest absolute Gasteiger partial charge is 0.473 e. The Morgan fingerprint density at radius 1 is 0.865 bits per heavy atom. The Hall–Kier alpha value is -1.36. The zero-order valence-electron chi connectivity index (χ0n) is 24.1. The summed E-state index contributed by atoms with van der Waals surface area (Å²) in [5.41, 5.74) is 1.71. The fourth-order valence-corrected chi connectivity index (χ4v) is 11.8. The molecule has 0 spiro atoms. The van der Waals surface area contributed by atoms with E-state index in [0.29, 0.717) is 29.6 Å². The Labute approximate surface area is 223 Å². The second-order valence-corrected chi connectivity index (χ2v) is 15.3. The molecule has 208 valence electrons. The lowest BCUT2D eigenvalue weighted by Crippen LogP contribution is -2.66. The highest BCUT2D eigenvalue weighted by Crippen LogP contribution is 2.77. The van der Waals surface area contributed by atoms with E-state index in [9.17, 15) is 14.7 Å². The van der Waals surface area contributed by atoms with Crippen molar-refractivity contribution in [3.63, 3.8) is 0 Å². The monoisotopic (exact) mass is 514 g/mol. The molecule has 0 heterocycles. The van der Waals surface area contributed by atoms with Crippen molar-refractivity contribution in [3.8, 4) is 0 Å². The van der Waals surface area contributed by atoms with Crippen LogP contribution in [0.1, 0.15) is 106 Å². The van der Waals surface area contributed by atoms with Gasteiger partial charge in [0.15, 0.2) is 0 Å². The van der Waals surface area contributed by atoms with Crippen molar-refractivity contribution in [3.05, 3.63) is 12.2 Å². The number of carbonyl (C=O) groups excluding carboxylic acids is 1. The average molecular weight is 515 g/mol. The second-order valence-electron chi connectivity index (χ2n) is 15.3. The summed E-state index contributed by atoms with van der Waals surface area (Å²) in [6.07, 6.45) is 10.8. The third-order valence-electron chi connectivity index (χ3n) is 13.9.